The molecule has 0 aromatic heterocycles. The van der Waals surface area contributed by atoms with Crippen molar-refractivity contribution < 1.29 is 0 Å². The van der Waals surface area contributed by atoms with Crippen molar-refractivity contribution in [2.24, 2.45) is 16.9 Å². The molecule has 0 heterocycles. The third kappa shape index (κ3) is 2.58. The zero-order chi connectivity index (χ0) is 14.1. The maximum Gasteiger partial charge on any atom is 0.191 e. The van der Waals surface area contributed by atoms with Gasteiger partial charge in [0, 0.05) is 22.3 Å². The van der Waals surface area contributed by atoms with E-state index in [4.69, 9.17) is 23.8 Å². The zero-order valence-corrected chi connectivity index (χ0v) is 12.8. The number of nitrogens with zero attached hydrogens (tertiary/aromatic N) is 1. The lowest BCUT2D eigenvalue weighted by atomic mass is 9.74. The van der Waals surface area contributed by atoms with Crippen LogP contribution in [0.4, 0.5) is 5.69 Å². The minimum atomic E-state index is 0.497. The molecule has 0 bridgehead atoms. The van der Waals surface area contributed by atoms with Crippen LogP contribution in [0.1, 0.15) is 18.4 Å². The van der Waals surface area contributed by atoms with Crippen molar-refractivity contribution in [2.75, 3.05) is 5.32 Å². The molecule has 1 aromatic carbocycles. The number of hydrogen-bond donors (Lipinski definition) is 2. The summed E-state index contributed by atoms with van der Waals surface area (Å²) in [7, 11) is 0. The number of hydrazone groups is 1. The Morgan fingerprint density at radius 1 is 1.45 bits per heavy atom. The highest BCUT2D eigenvalue weighted by Gasteiger charge is 2.37. The van der Waals surface area contributed by atoms with Crippen LogP contribution in [0.2, 0.25) is 5.02 Å². The van der Waals surface area contributed by atoms with Gasteiger partial charge in [0.2, 0.25) is 0 Å². The third-order valence-corrected chi connectivity index (χ3v) is 4.58. The molecule has 0 spiro atoms. The topological polar surface area (TPSA) is 36.4 Å². The first-order chi connectivity index (χ1) is 9.65. The molecule has 3 rings (SSSR count). The van der Waals surface area contributed by atoms with Gasteiger partial charge in [-0.1, -0.05) is 29.8 Å². The van der Waals surface area contributed by atoms with Gasteiger partial charge in [-0.3, -0.25) is 5.43 Å². The van der Waals surface area contributed by atoms with E-state index < -0.39 is 0 Å². The van der Waals surface area contributed by atoms with Gasteiger partial charge >= 0.3 is 0 Å². The molecule has 0 radical (unpaired) electrons. The second kappa shape index (κ2) is 5.54. The molecule has 2 aliphatic carbocycles. The van der Waals surface area contributed by atoms with Crippen LogP contribution in [0, 0.1) is 18.8 Å². The molecule has 0 aliphatic heterocycles. The van der Waals surface area contributed by atoms with Crippen molar-refractivity contribution in [1.82, 2.24) is 5.43 Å². The molecule has 0 unspecified atom stereocenters. The summed E-state index contributed by atoms with van der Waals surface area (Å²) in [6.07, 6.45) is 6.69. The number of thiocarbonyl (C=S) groups is 1. The van der Waals surface area contributed by atoms with E-state index in [2.05, 4.69) is 28.0 Å². The summed E-state index contributed by atoms with van der Waals surface area (Å²) in [5.74, 6) is 1.30. The maximum atomic E-state index is 6.08. The van der Waals surface area contributed by atoms with Gasteiger partial charge in [-0.05, 0) is 55.6 Å². The van der Waals surface area contributed by atoms with Crippen molar-refractivity contribution in [1.29, 1.82) is 0 Å². The number of hydrogen-bond acceptors (Lipinski definition) is 2. The predicted octanol–water partition coefficient (Wildman–Crippen LogP) is 3.89. The van der Waals surface area contributed by atoms with E-state index in [9.17, 15) is 0 Å². The van der Waals surface area contributed by atoms with Gasteiger partial charge in [-0.25, -0.2) is 0 Å². The third-order valence-electron chi connectivity index (χ3n) is 3.98. The summed E-state index contributed by atoms with van der Waals surface area (Å²) in [5, 5.41) is 8.76. The first kappa shape index (κ1) is 13.6. The Balaban J connectivity index is 1.58. The van der Waals surface area contributed by atoms with Crippen LogP contribution in [0.5, 0.6) is 0 Å². The summed E-state index contributed by atoms with van der Waals surface area (Å²) in [5.41, 5.74) is 6.03. The number of anilines is 1. The van der Waals surface area contributed by atoms with Gasteiger partial charge in [0.1, 0.15) is 0 Å². The number of benzene rings is 1. The Morgan fingerprint density at radius 3 is 3.10 bits per heavy atom. The molecular formula is C15H16ClN3S. The second-order valence-corrected chi connectivity index (χ2v) is 6.04. The fourth-order valence-electron chi connectivity index (χ4n) is 2.68. The van der Waals surface area contributed by atoms with Gasteiger partial charge in [0.05, 0.1) is 0 Å². The van der Waals surface area contributed by atoms with E-state index in [0.29, 0.717) is 16.9 Å². The molecule has 3 nitrogen and oxygen atoms in total. The van der Waals surface area contributed by atoms with E-state index >= 15 is 0 Å². The molecular weight excluding hydrogens is 290 g/mol. The largest absolute Gasteiger partial charge is 0.331 e. The average molecular weight is 306 g/mol. The lowest BCUT2D eigenvalue weighted by Gasteiger charge is -2.31. The van der Waals surface area contributed by atoms with Crippen molar-refractivity contribution in [2.45, 2.75) is 19.8 Å². The molecule has 1 saturated carbocycles. The first-order valence-corrected chi connectivity index (χ1v) is 7.49. The van der Waals surface area contributed by atoms with Crippen molar-refractivity contribution in [3.63, 3.8) is 0 Å². The number of rotatable bonds is 2. The van der Waals surface area contributed by atoms with Crippen LogP contribution >= 0.6 is 23.8 Å². The Labute approximate surface area is 129 Å². The van der Waals surface area contributed by atoms with Gasteiger partial charge in [0.25, 0.3) is 0 Å². The van der Waals surface area contributed by atoms with Crippen molar-refractivity contribution in [3.8, 4) is 0 Å². The Bertz CT molecular complexity index is 609. The van der Waals surface area contributed by atoms with E-state index in [-0.39, 0.29) is 0 Å². The molecule has 2 N–H and O–H groups in total. The molecule has 1 fully saturated rings. The smallest absolute Gasteiger partial charge is 0.191 e. The molecule has 0 amide bonds. The minimum absolute atomic E-state index is 0.497. The minimum Gasteiger partial charge on any atom is -0.331 e. The van der Waals surface area contributed by atoms with Crippen LogP contribution in [-0.2, 0) is 0 Å². The lowest BCUT2D eigenvalue weighted by molar-refractivity contribution is 0.463. The molecule has 0 saturated heterocycles. The molecule has 20 heavy (non-hydrogen) atoms. The number of fused-ring (bicyclic) bond motifs is 1. The normalized spacial score (nSPS) is 25.2. The maximum absolute atomic E-state index is 6.08. The fraction of sp³-hybridized carbons (Fsp3) is 0.333. The van der Waals surface area contributed by atoms with Crippen LogP contribution in [0.3, 0.4) is 0 Å². The van der Waals surface area contributed by atoms with Crippen LogP contribution in [-0.4, -0.2) is 10.8 Å². The summed E-state index contributed by atoms with van der Waals surface area (Å²) >= 11 is 11.3. The Kier molecular flexibility index (Phi) is 3.76. The summed E-state index contributed by atoms with van der Waals surface area (Å²) in [4.78, 5) is 0. The van der Waals surface area contributed by atoms with E-state index in [1.165, 1.54) is 5.71 Å². The van der Waals surface area contributed by atoms with Crippen LogP contribution in [0.15, 0.2) is 35.5 Å². The summed E-state index contributed by atoms with van der Waals surface area (Å²) in [6, 6.07) is 5.70. The summed E-state index contributed by atoms with van der Waals surface area (Å²) in [6.45, 7) is 1.96. The monoisotopic (exact) mass is 305 g/mol. The predicted molar refractivity (Wildman–Crippen MR) is 88.3 cm³/mol. The Hall–Kier alpha value is -1.39. The fourth-order valence-corrected chi connectivity index (χ4v) is 3.01. The zero-order valence-electron chi connectivity index (χ0n) is 11.2. The molecule has 2 atom stereocenters. The Morgan fingerprint density at radius 2 is 2.30 bits per heavy atom. The van der Waals surface area contributed by atoms with Crippen LogP contribution < -0.4 is 10.7 Å². The highest BCUT2D eigenvalue weighted by Crippen LogP contribution is 2.40. The van der Waals surface area contributed by atoms with E-state index in [1.54, 1.807) is 0 Å². The van der Waals surface area contributed by atoms with E-state index in [1.807, 2.05) is 25.1 Å². The SMILES string of the molecule is Cc1c(Cl)cccc1NC(=S)N/N=C1/C[C@@H]2C=CC[C@@H]12. The lowest BCUT2D eigenvalue weighted by Crippen LogP contribution is -2.36. The second-order valence-electron chi connectivity index (χ2n) is 5.22. The van der Waals surface area contributed by atoms with Crippen molar-refractivity contribution >= 4 is 40.3 Å². The molecule has 1 aromatic rings. The standard InChI is InChI=1S/C15H16ClN3S/c1-9-12(16)6-3-7-13(9)17-15(20)19-18-14-8-10-4-2-5-11(10)14/h2-4,6-7,10-11H,5,8H2,1H3,(H2,17,19,20)/b18-14-/t10-,11+/m0/s1. The van der Waals surface area contributed by atoms with Gasteiger partial charge in [-0.15, -0.1) is 0 Å². The molecule has 2 aliphatic rings. The quantitative estimate of drug-likeness (QED) is 0.494. The van der Waals surface area contributed by atoms with E-state index in [0.717, 1.165) is 29.1 Å². The molecule has 104 valence electrons. The first-order valence-electron chi connectivity index (χ1n) is 6.70. The summed E-state index contributed by atoms with van der Waals surface area (Å²) < 4.78 is 0. The molecule has 5 heteroatoms. The van der Waals surface area contributed by atoms with Crippen molar-refractivity contribution in [3.05, 3.63) is 40.9 Å². The average Bonchev–Trinajstić information content (AvgIpc) is 2.77. The number of allylic oxidation sites excluding steroid dienone is 2. The number of nitrogens with one attached hydrogen (secondary N) is 2. The number of halogens is 1. The van der Waals surface area contributed by atoms with Gasteiger partial charge in [0.15, 0.2) is 5.11 Å². The highest BCUT2D eigenvalue weighted by molar-refractivity contribution is 7.80. The van der Waals surface area contributed by atoms with Gasteiger partial charge in [-0.2, -0.15) is 5.10 Å². The van der Waals surface area contributed by atoms with Crippen LogP contribution in [0.25, 0.3) is 0 Å². The highest BCUT2D eigenvalue weighted by atomic mass is 35.5. The van der Waals surface area contributed by atoms with Gasteiger partial charge < -0.3 is 5.32 Å².